The van der Waals surface area contributed by atoms with Gasteiger partial charge >= 0.3 is 5.97 Å². The number of nitrogens with one attached hydrogen (secondary N) is 1. The van der Waals surface area contributed by atoms with Crippen LogP contribution in [0.2, 0.25) is 0 Å². The van der Waals surface area contributed by atoms with E-state index >= 15 is 0 Å². The van der Waals surface area contributed by atoms with Crippen LogP contribution in [-0.4, -0.2) is 23.5 Å². The van der Waals surface area contributed by atoms with Gasteiger partial charge in [0.05, 0.1) is 6.42 Å². The molecular formula is C35H47NO3S. The third kappa shape index (κ3) is 10.3. The highest BCUT2D eigenvalue weighted by Crippen LogP contribution is 2.45. The predicted molar refractivity (Wildman–Crippen MR) is 170 cm³/mol. The number of benzene rings is 2. The Morgan fingerprint density at radius 1 is 0.925 bits per heavy atom. The Hall–Kier alpha value is -2.79. The fraction of sp³-hybridized carbons (Fsp3) is 0.486. The highest BCUT2D eigenvalue weighted by atomic mass is 32.2. The molecule has 3 rings (SSSR count). The van der Waals surface area contributed by atoms with Gasteiger partial charge in [0.25, 0.3) is 5.91 Å². The fourth-order valence-electron chi connectivity index (χ4n) is 5.13. The van der Waals surface area contributed by atoms with E-state index in [1.807, 2.05) is 23.9 Å². The Morgan fingerprint density at radius 2 is 1.62 bits per heavy atom. The van der Waals surface area contributed by atoms with Crippen LogP contribution in [0.3, 0.4) is 0 Å². The number of carboxylic acids is 1. The molecule has 2 aromatic rings. The largest absolute Gasteiger partial charge is 0.481 e. The molecule has 1 aliphatic carbocycles. The van der Waals surface area contributed by atoms with Gasteiger partial charge in [-0.25, -0.2) is 0 Å². The molecule has 2 aromatic carbocycles. The van der Waals surface area contributed by atoms with Gasteiger partial charge in [-0.3, -0.25) is 9.59 Å². The van der Waals surface area contributed by atoms with E-state index in [2.05, 4.69) is 74.6 Å². The molecule has 0 saturated carbocycles. The lowest BCUT2D eigenvalue weighted by Gasteiger charge is -2.26. The first kappa shape index (κ1) is 31.7. The molecule has 0 bridgehead atoms. The van der Waals surface area contributed by atoms with Crippen LogP contribution in [0.25, 0.3) is 5.57 Å². The first-order valence-corrected chi connectivity index (χ1v) is 16.1. The summed E-state index contributed by atoms with van der Waals surface area (Å²) >= 11 is 1.98. The normalized spacial score (nSPS) is 15.7. The molecule has 40 heavy (non-hydrogen) atoms. The maximum Gasteiger partial charge on any atom is 0.305 e. The molecule has 2 N–H and O–H groups in total. The van der Waals surface area contributed by atoms with Gasteiger partial charge in [0.15, 0.2) is 0 Å². The Labute approximate surface area is 245 Å². The smallest absolute Gasteiger partial charge is 0.305 e. The van der Waals surface area contributed by atoms with Crippen LogP contribution in [0.4, 0.5) is 0 Å². The zero-order valence-corrected chi connectivity index (χ0v) is 25.4. The number of carbonyl (C=O) groups excluding carboxylic acids is 1. The lowest BCUT2D eigenvalue weighted by molar-refractivity contribution is -0.136. The first-order chi connectivity index (χ1) is 19.4. The van der Waals surface area contributed by atoms with Crippen molar-refractivity contribution in [3.63, 3.8) is 0 Å². The van der Waals surface area contributed by atoms with Crippen LogP contribution < -0.4 is 5.32 Å². The quantitative estimate of drug-likeness (QED) is 0.189. The lowest BCUT2D eigenvalue weighted by atomic mass is 9.90. The highest BCUT2D eigenvalue weighted by molar-refractivity contribution is 8.03. The van der Waals surface area contributed by atoms with E-state index in [4.69, 9.17) is 5.11 Å². The number of hydrogen-bond acceptors (Lipinski definition) is 3. The molecule has 0 spiro atoms. The molecule has 5 heteroatoms. The van der Waals surface area contributed by atoms with Gasteiger partial charge < -0.3 is 10.4 Å². The molecule has 2 atom stereocenters. The summed E-state index contributed by atoms with van der Waals surface area (Å²) in [6.07, 6.45) is 16.6. The predicted octanol–water partition coefficient (Wildman–Crippen LogP) is 9.38. The number of aryl methyl sites for hydroxylation is 1. The molecule has 0 radical (unpaired) electrons. The van der Waals surface area contributed by atoms with Gasteiger partial charge in [0, 0.05) is 17.4 Å². The minimum Gasteiger partial charge on any atom is -0.481 e. The van der Waals surface area contributed by atoms with E-state index in [0.717, 1.165) is 12.8 Å². The standard InChI is InChI=1S/C35H47NO3S/c1-4-6-8-10-12-33(29-17-19-30(20-18-29)35(39)36-24-23-34(37)38)40-32-22-21-31(25-26(32)3)28-15-13-27(14-16-28)11-9-7-5-2/h13-22,26,33H,4-12,23-25H2,1-3H3,(H,36,39)(H,37,38). The summed E-state index contributed by atoms with van der Waals surface area (Å²) in [4.78, 5) is 24.6. The molecule has 0 aromatic heterocycles. The van der Waals surface area contributed by atoms with Gasteiger partial charge in [-0.2, -0.15) is 0 Å². The van der Waals surface area contributed by atoms with Crippen LogP contribution in [0.5, 0.6) is 0 Å². The van der Waals surface area contributed by atoms with Gasteiger partial charge in [-0.1, -0.05) is 108 Å². The van der Waals surface area contributed by atoms with Crippen molar-refractivity contribution in [1.29, 1.82) is 0 Å². The van der Waals surface area contributed by atoms with E-state index in [0.29, 0.717) is 16.7 Å². The van der Waals surface area contributed by atoms with Gasteiger partial charge in [-0.15, -0.1) is 11.8 Å². The van der Waals surface area contributed by atoms with Crippen molar-refractivity contribution in [1.82, 2.24) is 5.32 Å². The van der Waals surface area contributed by atoms with Crippen molar-refractivity contribution in [2.75, 3.05) is 6.54 Å². The second-order valence-corrected chi connectivity index (χ2v) is 12.3. The molecule has 1 aliphatic rings. The average Bonchev–Trinajstić information content (AvgIpc) is 2.96. The zero-order chi connectivity index (χ0) is 28.7. The highest BCUT2D eigenvalue weighted by Gasteiger charge is 2.22. The number of unbranched alkanes of at least 4 members (excludes halogenated alkanes) is 5. The maximum atomic E-state index is 12.4. The van der Waals surface area contributed by atoms with Crippen molar-refractivity contribution in [3.05, 3.63) is 87.8 Å². The molecular weight excluding hydrogens is 514 g/mol. The number of allylic oxidation sites excluding steroid dienone is 4. The molecule has 4 nitrogen and oxygen atoms in total. The number of rotatable bonds is 17. The Balaban J connectivity index is 1.69. The van der Waals surface area contributed by atoms with E-state index in [1.165, 1.54) is 78.5 Å². The minimum absolute atomic E-state index is 0.0753. The minimum atomic E-state index is -0.914. The van der Waals surface area contributed by atoms with Gasteiger partial charge in [0.1, 0.15) is 0 Å². The van der Waals surface area contributed by atoms with Crippen LogP contribution in [0.1, 0.15) is 117 Å². The van der Waals surface area contributed by atoms with Crippen LogP contribution in [-0.2, 0) is 11.2 Å². The van der Waals surface area contributed by atoms with E-state index < -0.39 is 5.97 Å². The number of carboxylic acid groups (broad SMARTS) is 1. The Morgan fingerprint density at radius 3 is 2.27 bits per heavy atom. The number of thioether (sulfide) groups is 1. The second kappa shape index (κ2) is 17.1. The number of aliphatic carboxylic acids is 1. The Bertz CT molecular complexity index is 1130. The van der Waals surface area contributed by atoms with Crippen molar-refractivity contribution < 1.29 is 14.7 Å². The molecule has 0 fully saturated rings. The number of carbonyl (C=O) groups is 2. The van der Waals surface area contributed by atoms with Crippen LogP contribution in [0, 0.1) is 5.92 Å². The molecule has 1 amide bonds. The lowest BCUT2D eigenvalue weighted by Crippen LogP contribution is -2.25. The third-order valence-electron chi connectivity index (χ3n) is 7.62. The number of hydrogen-bond donors (Lipinski definition) is 2. The van der Waals surface area contributed by atoms with Crippen molar-refractivity contribution in [2.45, 2.75) is 96.7 Å². The maximum absolute atomic E-state index is 12.4. The van der Waals surface area contributed by atoms with E-state index in [1.54, 1.807) is 0 Å². The summed E-state index contributed by atoms with van der Waals surface area (Å²) in [7, 11) is 0. The van der Waals surface area contributed by atoms with Crippen LogP contribution >= 0.6 is 11.8 Å². The second-order valence-electron chi connectivity index (χ2n) is 11.0. The molecule has 0 heterocycles. The van der Waals surface area contributed by atoms with Crippen LogP contribution in [0.15, 0.2) is 65.6 Å². The average molecular weight is 562 g/mol. The summed E-state index contributed by atoms with van der Waals surface area (Å²) < 4.78 is 0. The van der Waals surface area contributed by atoms with Crippen molar-refractivity contribution in [2.24, 2.45) is 5.92 Å². The SMILES string of the molecule is CCCCCCC(SC1=CC=C(c2ccc(CCCCC)cc2)CC1C)c1ccc(C(=O)NCCC(=O)O)cc1. The van der Waals surface area contributed by atoms with Gasteiger partial charge in [0.2, 0.25) is 0 Å². The molecule has 0 saturated heterocycles. The van der Waals surface area contributed by atoms with E-state index in [-0.39, 0.29) is 18.9 Å². The third-order valence-corrected chi connectivity index (χ3v) is 9.22. The summed E-state index contributed by atoms with van der Waals surface area (Å²) in [5, 5.41) is 11.8. The topological polar surface area (TPSA) is 66.4 Å². The van der Waals surface area contributed by atoms with Gasteiger partial charge in [-0.05, 0) is 70.9 Å². The molecule has 0 aliphatic heterocycles. The summed E-state index contributed by atoms with van der Waals surface area (Å²) in [5.41, 5.74) is 5.99. The Kier molecular flexibility index (Phi) is 13.6. The molecule has 216 valence electrons. The summed E-state index contributed by atoms with van der Waals surface area (Å²) in [6, 6.07) is 17.1. The van der Waals surface area contributed by atoms with Crippen molar-refractivity contribution in [3.8, 4) is 0 Å². The zero-order valence-electron chi connectivity index (χ0n) is 24.6. The molecule has 2 unspecified atom stereocenters. The van der Waals surface area contributed by atoms with E-state index in [9.17, 15) is 9.59 Å². The fourth-order valence-corrected chi connectivity index (χ4v) is 6.50. The van der Waals surface area contributed by atoms with Crippen molar-refractivity contribution >= 4 is 29.2 Å². The monoisotopic (exact) mass is 561 g/mol. The number of amides is 1. The summed E-state index contributed by atoms with van der Waals surface area (Å²) in [6.45, 7) is 6.96. The summed E-state index contributed by atoms with van der Waals surface area (Å²) in [5.74, 6) is -0.676. The first-order valence-electron chi connectivity index (χ1n) is 15.2.